The molecule has 1 aromatic heterocycles. The minimum atomic E-state index is -0.707. The Morgan fingerprint density at radius 3 is 2.72 bits per heavy atom. The second-order valence-electron chi connectivity index (χ2n) is 6.66. The van der Waals surface area contributed by atoms with Crippen molar-refractivity contribution < 1.29 is 14.3 Å². The zero-order valence-electron chi connectivity index (χ0n) is 15.8. The lowest BCUT2D eigenvalue weighted by Gasteiger charge is -2.33. The van der Waals surface area contributed by atoms with E-state index in [1.54, 1.807) is 30.4 Å². The fourth-order valence-corrected chi connectivity index (χ4v) is 4.03. The summed E-state index contributed by atoms with van der Waals surface area (Å²) in [4.78, 5) is 31.5. The maximum Gasteiger partial charge on any atom is 0.265 e. The average Bonchev–Trinajstić information content (AvgIpc) is 3.15. The number of nitrogens with zero attached hydrogens (tertiary/aromatic N) is 2. The number of carbonyl (C=O) groups excluding carboxylic acids is 2. The molecule has 1 aliphatic heterocycles. The fourth-order valence-electron chi connectivity index (χ4n) is 3.15. The average molecular weight is 472 g/mol. The Bertz CT molecular complexity index is 1080. The number of aryl methyl sites for hydroxylation is 1. The van der Waals surface area contributed by atoms with Gasteiger partial charge in [0, 0.05) is 21.1 Å². The monoisotopic (exact) mass is 471 g/mol. The lowest BCUT2D eigenvalue weighted by atomic mass is 10.1. The van der Waals surface area contributed by atoms with Gasteiger partial charge in [-0.25, -0.2) is 4.98 Å². The van der Waals surface area contributed by atoms with Crippen LogP contribution in [-0.4, -0.2) is 29.4 Å². The summed E-state index contributed by atoms with van der Waals surface area (Å²) in [5.41, 5.74) is 2.94. The van der Waals surface area contributed by atoms with Gasteiger partial charge in [0.05, 0.1) is 16.4 Å². The van der Waals surface area contributed by atoms with Crippen LogP contribution in [0.25, 0.3) is 11.3 Å². The Morgan fingerprint density at radius 2 is 2.03 bits per heavy atom. The summed E-state index contributed by atoms with van der Waals surface area (Å²) in [5.74, 6) is 0.0367. The number of carbonyl (C=O) groups is 2. The highest BCUT2D eigenvalue weighted by Crippen LogP contribution is 2.37. The van der Waals surface area contributed by atoms with Gasteiger partial charge < -0.3 is 10.1 Å². The van der Waals surface area contributed by atoms with Crippen molar-refractivity contribution in [1.82, 2.24) is 4.98 Å². The molecule has 2 heterocycles. The predicted molar refractivity (Wildman–Crippen MR) is 118 cm³/mol. The van der Waals surface area contributed by atoms with Gasteiger partial charge in [-0.2, -0.15) is 0 Å². The number of benzene rings is 2. The maximum atomic E-state index is 12.8. The highest BCUT2D eigenvalue weighted by molar-refractivity contribution is 9.10. The molecule has 0 saturated heterocycles. The summed E-state index contributed by atoms with van der Waals surface area (Å²) >= 11 is 4.93. The molecule has 3 aromatic rings. The lowest BCUT2D eigenvalue weighted by Crippen LogP contribution is -2.49. The molecule has 1 atom stereocenters. The number of rotatable bonds is 4. The Morgan fingerprint density at radius 1 is 1.28 bits per heavy atom. The van der Waals surface area contributed by atoms with Crippen molar-refractivity contribution in [3.63, 3.8) is 0 Å². The third-order valence-electron chi connectivity index (χ3n) is 4.63. The molecule has 0 radical (unpaired) electrons. The highest BCUT2D eigenvalue weighted by atomic mass is 79.9. The van der Waals surface area contributed by atoms with Crippen molar-refractivity contribution in [3.8, 4) is 17.0 Å². The first-order chi connectivity index (χ1) is 13.9. The smallest absolute Gasteiger partial charge is 0.265 e. The quantitative estimate of drug-likeness (QED) is 0.601. The summed E-state index contributed by atoms with van der Waals surface area (Å²) < 4.78 is 6.50. The van der Waals surface area contributed by atoms with Gasteiger partial charge >= 0.3 is 0 Å². The van der Waals surface area contributed by atoms with Gasteiger partial charge in [-0.15, -0.1) is 11.3 Å². The molecule has 29 heavy (non-hydrogen) atoms. The van der Waals surface area contributed by atoms with Crippen LogP contribution in [0.3, 0.4) is 0 Å². The van der Waals surface area contributed by atoms with Crippen LogP contribution in [0.2, 0.25) is 0 Å². The van der Waals surface area contributed by atoms with Crippen molar-refractivity contribution >= 4 is 50.5 Å². The van der Waals surface area contributed by atoms with E-state index in [9.17, 15) is 9.59 Å². The Balaban J connectivity index is 1.64. The molecular formula is C21H18BrN3O3S. The fraction of sp³-hybridized carbons (Fsp3) is 0.190. The van der Waals surface area contributed by atoms with Crippen molar-refractivity contribution in [2.75, 3.05) is 16.8 Å². The van der Waals surface area contributed by atoms with Gasteiger partial charge in [-0.3, -0.25) is 14.5 Å². The van der Waals surface area contributed by atoms with E-state index in [-0.39, 0.29) is 18.4 Å². The molecule has 0 bridgehead atoms. The molecular weight excluding hydrogens is 454 g/mol. The number of hydrogen-bond acceptors (Lipinski definition) is 5. The van der Waals surface area contributed by atoms with E-state index in [1.807, 2.05) is 42.6 Å². The Hall–Kier alpha value is -2.71. The van der Waals surface area contributed by atoms with E-state index in [1.165, 1.54) is 4.90 Å². The topological polar surface area (TPSA) is 71.5 Å². The second kappa shape index (κ2) is 7.96. The molecule has 8 heteroatoms. The van der Waals surface area contributed by atoms with Gasteiger partial charge in [0.2, 0.25) is 5.91 Å². The first kappa shape index (κ1) is 19.6. The van der Waals surface area contributed by atoms with Crippen LogP contribution in [0.15, 0.2) is 52.3 Å². The molecule has 2 aromatic carbocycles. The predicted octanol–water partition coefficient (Wildman–Crippen LogP) is 4.63. The zero-order chi connectivity index (χ0) is 20.5. The van der Waals surface area contributed by atoms with Gasteiger partial charge in [0.15, 0.2) is 6.61 Å². The van der Waals surface area contributed by atoms with Crippen LogP contribution in [0.4, 0.5) is 11.4 Å². The summed E-state index contributed by atoms with van der Waals surface area (Å²) in [5, 5.41) is 5.79. The van der Waals surface area contributed by atoms with Gasteiger partial charge in [-0.05, 0) is 56.3 Å². The molecule has 1 aliphatic rings. The minimum absolute atomic E-state index is 0.0991. The Labute approximate surface area is 180 Å². The lowest BCUT2D eigenvalue weighted by molar-refractivity contribution is -0.125. The van der Waals surface area contributed by atoms with Crippen molar-refractivity contribution in [2.24, 2.45) is 0 Å². The molecule has 2 amide bonds. The standard InChI is InChI=1S/C21H18BrN3O3S/c1-12(21(27)24-16-6-4-15(22)5-7-16)25-18-9-14(17-11-29-13(2)23-17)3-8-19(18)28-10-20(25)26/h3-9,11-12H,10H2,1-2H3,(H,24,27). The first-order valence-electron chi connectivity index (χ1n) is 9.00. The van der Waals surface area contributed by atoms with E-state index in [4.69, 9.17) is 4.74 Å². The molecule has 0 spiro atoms. The molecule has 1 N–H and O–H groups in total. The largest absolute Gasteiger partial charge is 0.482 e. The van der Waals surface area contributed by atoms with Gasteiger partial charge in [-0.1, -0.05) is 15.9 Å². The van der Waals surface area contributed by atoms with E-state index in [0.717, 1.165) is 20.7 Å². The van der Waals surface area contributed by atoms with Gasteiger partial charge in [0.25, 0.3) is 5.91 Å². The van der Waals surface area contributed by atoms with Crippen LogP contribution < -0.4 is 15.0 Å². The van der Waals surface area contributed by atoms with Crippen molar-refractivity contribution in [1.29, 1.82) is 0 Å². The van der Waals surface area contributed by atoms with E-state index in [0.29, 0.717) is 17.1 Å². The molecule has 1 unspecified atom stereocenters. The summed E-state index contributed by atoms with van der Waals surface area (Å²) in [6.07, 6.45) is 0. The van der Waals surface area contributed by atoms with Crippen molar-refractivity contribution in [3.05, 3.63) is 57.3 Å². The first-order valence-corrected chi connectivity index (χ1v) is 10.7. The Kier molecular flexibility index (Phi) is 5.38. The second-order valence-corrected chi connectivity index (χ2v) is 8.64. The van der Waals surface area contributed by atoms with Crippen LogP contribution in [0.5, 0.6) is 5.75 Å². The summed E-state index contributed by atoms with van der Waals surface area (Å²) in [6, 6.07) is 12.2. The third-order valence-corrected chi connectivity index (χ3v) is 5.93. The molecule has 0 fully saturated rings. The van der Waals surface area contributed by atoms with Crippen LogP contribution in [0, 0.1) is 6.92 Å². The number of amides is 2. The van der Waals surface area contributed by atoms with E-state index < -0.39 is 6.04 Å². The van der Waals surface area contributed by atoms with E-state index >= 15 is 0 Å². The third kappa shape index (κ3) is 4.04. The van der Waals surface area contributed by atoms with E-state index in [2.05, 4.69) is 26.2 Å². The number of fused-ring (bicyclic) bond motifs is 1. The van der Waals surface area contributed by atoms with Crippen LogP contribution in [-0.2, 0) is 9.59 Å². The number of aromatic nitrogens is 1. The number of ether oxygens (including phenoxy) is 1. The summed E-state index contributed by atoms with van der Waals surface area (Å²) in [7, 11) is 0. The van der Waals surface area contributed by atoms with Crippen LogP contribution >= 0.6 is 27.3 Å². The molecule has 0 aliphatic carbocycles. The highest BCUT2D eigenvalue weighted by Gasteiger charge is 2.33. The number of thiazole rings is 1. The number of anilines is 2. The van der Waals surface area contributed by atoms with Crippen molar-refractivity contribution in [2.45, 2.75) is 19.9 Å². The summed E-state index contributed by atoms with van der Waals surface area (Å²) in [6.45, 7) is 3.55. The molecule has 0 saturated carbocycles. The molecule has 6 nitrogen and oxygen atoms in total. The molecule has 148 valence electrons. The maximum absolute atomic E-state index is 12.8. The zero-order valence-corrected chi connectivity index (χ0v) is 18.2. The number of nitrogens with one attached hydrogen (secondary N) is 1. The molecule has 4 rings (SSSR count). The number of halogens is 1. The normalized spacial score (nSPS) is 14.2. The van der Waals surface area contributed by atoms with Gasteiger partial charge in [0.1, 0.15) is 11.8 Å². The van der Waals surface area contributed by atoms with Crippen LogP contribution in [0.1, 0.15) is 11.9 Å². The minimum Gasteiger partial charge on any atom is -0.482 e. The number of hydrogen-bond donors (Lipinski definition) is 1. The SMILES string of the molecule is Cc1nc(-c2ccc3c(c2)N(C(C)C(=O)Nc2ccc(Br)cc2)C(=O)CO3)cs1.